The predicted octanol–water partition coefficient (Wildman–Crippen LogP) is 1.45. The fraction of sp³-hybridized carbons (Fsp3) is 0. The minimum absolute atomic E-state index is 0.161. The third-order valence-electron chi connectivity index (χ3n) is 1.52. The molecule has 2 rings (SSSR count). The monoisotopic (exact) mass is 198 g/mol. The van der Waals surface area contributed by atoms with Crippen molar-refractivity contribution in [3.05, 3.63) is 35.4 Å². The van der Waals surface area contributed by atoms with Crippen molar-refractivity contribution in [2.45, 2.75) is 0 Å². The van der Waals surface area contributed by atoms with Crippen molar-refractivity contribution < 1.29 is 4.39 Å². The van der Waals surface area contributed by atoms with E-state index >= 15 is 0 Å². The van der Waals surface area contributed by atoms with Crippen LogP contribution < -0.4 is 0 Å². The Kier molecular flexibility index (Phi) is 1.94. The number of rotatable bonds is 1. The van der Waals surface area contributed by atoms with Gasteiger partial charge in [-0.1, -0.05) is 17.7 Å². The summed E-state index contributed by atoms with van der Waals surface area (Å²) in [5.41, 5.74) is 0.161. The van der Waals surface area contributed by atoms with Crippen LogP contribution in [0.15, 0.2) is 24.5 Å². The number of halogens is 2. The van der Waals surface area contributed by atoms with Gasteiger partial charge in [-0.2, -0.15) is 4.68 Å². The molecule has 0 spiro atoms. The first-order chi connectivity index (χ1) is 6.29. The Hall–Kier alpha value is -1.49. The van der Waals surface area contributed by atoms with Gasteiger partial charge in [0.25, 0.3) is 0 Å². The number of para-hydroxylation sites is 1. The predicted molar refractivity (Wildman–Crippen MR) is 44.1 cm³/mol. The van der Waals surface area contributed by atoms with E-state index < -0.39 is 5.82 Å². The first-order valence-electron chi connectivity index (χ1n) is 3.46. The van der Waals surface area contributed by atoms with E-state index in [1.165, 1.54) is 23.1 Å². The number of aromatic nitrogens is 4. The molecule has 66 valence electrons. The highest BCUT2D eigenvalue weighted by atomic mass is 35.5. The molecule has 1 aromatic carbocycles. The van der Waals surface area contributed by atoms with Crippen molar-refractivity contribution in [2.24, 2.45) is 0 Å². The smallest absolute Gasteiger partial charge is 0.150 e. The van der Waals surface area contributed by atoms with Crippen molar-refractivity contribution in [1.82, 2.24) is 20.2 Å². The van der Waals surface area contributed by atoms with Gasteiger partial charge < -0.3 is 0 Å². The second-order valence-electron chi connectivity index (χ2n) is 2.32. The van der Waals surface area contributed by atoms with Gasteiger partial charge >= 0.3 is 0 Å². The van der Waals surface area contributed by atoms with Gasteiger partial charge in [-0.15, -0.1) is 5.10 Å². The Morgan fingerprint density at radius 3 is 2.85 bits per heavy atom. The summed E-state index contributed by atoms with van der Waals surface area (Å²) in [4.78, 5) is 0. The summed E-state index contributed by atoms with van der Waals surface area (Å²) in [6, 6.07) is 4.38. The van der Waals surface area contributed by atoms with E-state index in [1.807, 2.05) is 0 Å². The van der Waals surface area contributed by atoms with Gasteiger partial charge in [-0.05, 0) is 22.6 Å². The van der Waals surface area contributed by atoms with Crippen LogP contribution in [-0.4, -0.2) is 20.2 Å². The Morgan fingerprint density at radius 1 is 1.38 bits per heavy atom. The summed E-state index contributed by atoms with van der Waals surface area (Å²) in [6.45, 7) is 0. The number of benzene rings is 1. The van der Waals surface area contributed by atoms with Crippen LogP contribution in [0.3, 0.4) is 0 Å². The fourth-order valence-electron chi connectivity index (χ4n) is 0.972. The Bertz CT molecular complexity index is 394. The first kappa shape index (κ1) is 8.12. The molecular formula is C7H4ClFN4. The highest BCUT2D eigenvalue weighted by Gasteiger charge is 2.09. The normalized spacial score (nSPS) is 10.3. The van der Waals surface area contributed by atoms with E-state index in [0.717, 1.165) is 0 Å². The molecule has 0 radical (unpaired) electrons. The van der Waals surface area contributed by atoms with Gasteiger partial charge in [-0.25, -0.2) is 4.39 Å². The molecule has 0 saturated carbocycles. The fourth-order valence-corrected chi connectivity index (χ4v) is 1.22. The zero-order valence-electron chi connectivity index (χ0n) is 6.35. The maximum atomic E-state index is 13.2. The number of nitrogens with zero attached hydrogens (tertiary/aromatic N) is 4. The molecule has 2 aromatic rings. The van der Waals surface area contributed by atoms with Crippen LogP contribution in [-0.2, 0) is 0 Å². The summed E-state index contributed by atoms with van der Waals surface area (Å²) >= 11 is 5.76. The van der Waals surface area contributed by atoms with E-state index in [1.54, 1.807) is 6.07 Å². The maximum absolute atomic E-state index is 13.2. The molecule has 6 heteroatoms. The van der Waals surface area contributed by atoms with Crippen LogP contribution in [0.25, 0.3) is 5.69 Å². The van der Waals surface area contributed by atoms with E-state index in [-0.39, 0.29) is 10.7 Å². The summed E-state index contributed by atoms with van der Waals surface area (Å²) in [5.74, 6) is -0.459. The molecule has 1 heterocycles. The summed E-state index contributed by atoms with van der Waals surface area (Å²) in [7, 11) is 0. The van der Waals surface area contributed by atoms with E-state index in [9.17, 15) is 4.39 Å². The maximum Gasteiger partial charge on any atom is 0.150 e. The molecule has 0 fully saturated rings. The van der Waals surface area contributed by atoms with Crippen molar-refractivity contribution >= 4 is 11.6 Å². The largest absolute Gasteiger partial charge is 0.205 e. The molecule has 0 aliphatic heterocycles. The third-order valence-corrected chi connectivity index (χ3v) is 1.82. The molecule has 1 aromatic heterocycles. The molecule has 0 aliphatic carbocycles. The van der Waals surface area contributed by atoms with Crippen LogP contribution in [0.4, 0.5) is 4.39 Å². The molecule has 0 atom stereocenters. The molecular weight excluding hydrogens is 195 g/mol. The lowest BCUT2D eigenvalue weighted by molar-refractivity contribution is 0.607. The average Bonchev–Trinajstić information content (AvgIpc) is 2.57. The summed E-state index contributed by atoms with van der Waals surface area (Å²) in [5, 5.41) is 10.6. The van der Waals surface area contributed by atoms with Crippen LogP contribution in [0.5, 0.6) is 0 Å². The highest BCUT2D eigenvalue weighted by molar-refractivity contribution is 6.32. The molecule has 0 amide bonds. The quantitative estimate of drug-likeness (QED) is 0.697. The summed E-state index contributed by atoms with van der Waals surface area (Å²) in [6.07, 6.45) is 1.28. The minimum atomic E-state index is -0.459. The van der Waals surface area contributed by atoms with Crippen molar-refractivity contribution in [1.29, 1.82) is 0 Å². The number of hydrogen-bond donors (Lipinski definition) is 0. The van der Waals surface area contributed by atoms with Crippen molar-refractivity contribution in [2.75, 3.05) is 0 Å². The first-order valence-corrected chi connectivity index (χ1v) is 3.84. The molecule has 0 saturated heterocycles. The molecule has 0 N–H and O–H groups in total. The van der Waals surface area contributed by atoms with E-state index in [4.69, 9.17) is 11.6 Å². The molecule has 0 aliphatic rings. The van der Waals surface area contributed by atoms with Gasteiger partial charge in [-0.3, -0.25) is 0 Å². The Balaban J connectivity index is 2.64. The second-order valence-corrected chi connectivity index (χ2v) is 2.73. The highest BCUT2D eigenvalue weighted by Crippen LogP contribution is 2.21. The van der Waals surface area contributed by atoms with Crippen molar-refractivity contribution in [3.8, 4) is 5.69 Å². The average molecular weight is 199 g/mol. The van der Waals surface area contributed by atoms with E-state index in [0.29, 0.717) is 0 Å². The van der Waals surface area contributed by atoms with Gasteiger partial charge in [0.1, 0.15) is 12.0 Å². The molecule has 4 nitrogen and oxygen atoms in total. The second kappa shape index (κ2) is 3.10. The zero-order valence-corrected chi connectivity index (χ0v) is 7.11. The zero-order chi connectivity index (χ0) is 9.26. The van der Waals surface area contributed by atoms with Crippen molar-refractivity contribution in [3.63, 3.8) is 0 Å². The lowest BCUT2D eigenvalue weighted by atomic mass is 10.3. The molecule has 0 bridgehead atoms. The molecule has 0 unspecified atom stereocenters. The van der Waals surface area contributed by atoms with Crippen LogP contribution in [0.2, 0.25) is 5.02 Å². The van der Waals surface area contributed by atoms with Gasteiger partial charge in [0.15, 0.2) is 5.82 Å². The van der Waals surface area contributed by atoms with Gasteiger partial charge in [0.2, 0.25) is 0 Å². The lowest BCUT2D eigenvalue weighted by Crippen LogP contribution is -1.99. The summed E-state index contributed by atoms with van der Waals surface area (Å²) < 4.78 is 14.4. The molecule has 13 heavy (non-hydrogen) atoms. The minimum Gasteiger partial charge on any atom is -0.205 e. The Morgan fingerprint density at radius 2 is 2.23 bits per heavy atom. The van der Waals surface area contributed by atoms with E-state index in [2.05, 4.69) is 15.5 Å². The Labute approximate surface area is 77.9 Å². The van der Waals surface area contributed by atoms with Crippen LogP contribution in [0.1, 0.15) is 0 Å². The van der Waals surface area contributed by atoms with Gasteiger partial charge in [0.05, 0.1) is 5.02 Å². The topological polar surface area (TPSA) is 43.6 Å². The number of hydrogen-bond acceptors (Lipinski definition) is 3. The van der Waals surface area contributed by atoms with Crippen LogP contribution >= 0.6 is 11.6 Å². The third kappa shape index (κ3) is 1.38. The van der Waals surface area contributed by atoms with Gasteiger partial charge in [0, 0.05) is 0 Å². The number of tetrazole rings is 1. The standard InChI is InChI=1S/C7H4ClFN4/c8-5-2-1-3-6(9)7(5)13-4-10-11-12-13/h1-4H. The lowest BCUT2D eigenvalue weighted by Gasteiger charge is -2.02. The van der Waals surface area contributed by atoms with Crippen LogP contribution in [0, 0.1) is 5.82 Å². The SMILES string of the molecule is Fc1cccc(Cl)c1-n1cnnn1.